The van der Waals surface area contributed by atoms with Crippen molar-refractivity contribution in [1.29, 1.82) is 0 Å². The van der Waals surface area contributed by atoms with E-state index in [0.29, 0.717) is 5.75 Å². The third-order valence-corrected chi connectivity index (χ3v) is 2.62. The Morgan fingerprint density at radius 2 is 2.10 bits per heavy atom. The minimum Gasteiger partial charge on any atom is -0.484 e. The molecular weight excluding hydrogens is 260 g/mol. The molecule has 0 radical (unpaired) electrons. The monoisotopic (exact) mass is 282 g/mol. The predicted octanol–water partition coefficient (Wildman–Crippen LogP) is 3.22. The van der Waals surface area contributed by atoms with Crippen LogP contribution >= 0.6 is 0 Å². The number of nitro benzene ring substituents is 1. The Morgan fingerprint density at radius 1 is 1.35 bits per heavy atom. The summed E-state index contributed by atoms with van der Waals surface area (Å²) in [7, 11) is 1.68. The van der Waals surface area contributed by atoms with Crippen molar-refractivity contribution in [2.24, 2.45) is 0 Å². The van der Waals surface area contributed by atoms with E-state index in [1.54, 1.807) is 19.2 Å². The molecule has 0 atom stereocenters. The topological polar surface area (TPSA) is 73.6 Å². The third-order valence-electron chi connectivity index (χ3n) is 2.62. The first-order valence-electron chi connectivity index (χ1n) is 6.72. The van der Waals surface area contributed by atoms with Crippen molar-refractivity contribution in [3.8, 4) is 5.75 Å². The lowest BCUT2D eigenvalue weighted by Gasteiger charge is -2.12. The highest BCUT2D eigenvalue weighted by molar-refractivity contribution is 5.58. The lowest BCUT2D eigenvalue weighted by Crippen LogP contribution is -2.08. The van der Waals surface area contributed by atoms with Gasteiger partial charge in [-0.05, 0) is 32.8 Å². The Labute approximate surface area is 119 Å². The zero-order chi connectivity index (χ0) is 15.0. The quantitative estimate of drug-likeness (QED) is 0.427. The normalized spacial score (nSPS) is 10.6. The van der Waals surface area contributed by atoms with E-state index in [2.05, 4.69) is 5.32 Å². The van der Waals surface area contributed by atoms with Crippen LogP contribution in [0.25, 0.3) is 0 Å². The first-order valence-corrected chi connectivity index (χ1v) is 6.72. The first-order chi connectivity index (χ1) is 9.54. The molecule has 1 aromatic carbocycles. The fraction of sp³-hybridized carbons (Fsp3) is 0.571. The minimum atomic E-state index is -0.430. The van der Waals surface area contributed by atoms with Crippen LogP contribution in [-0.4, -0.2) is 31.3 Å². The van der Waals surface area contributed by atoms with Gasteiger partial charge in [0.1, 0.15) is 0 Å². The van der Waals surface area contributed by atoms with Crippen LogP contribution in [0.1, 0.15) is 26.7 Å². The summed E-state index contributed by atoms with van der Waals surface area (Å²) < 4.78 is 10.5. The predicted molar refractivity (Wildman–Crippen MR) is 78.5 cm³/mol. The van der Waals surface area contributed by atoms with Gasteiger partial charge in [0.25, 0.3) is 0 Å². The van der Waals surface area contributed by atoms with Gasteiger partial charge in [0, 0.05) is 38.1 Å². The molecule has 1 rings (SSSR count). The second kappa shape index (κ2) is 8.37. The van der Waals surface area contributed by atoms with E-state index in [1.807, 2.05) is 13.8 Å². The summed E-state index contributed by atoms with van der Waals surface area (Å²) in [5.41, 5.74) is 0.812. The lowest BCUT2D eigenvalue weighted by molar-refractivity contribution is -0.386. The maximum absolute atomic E-state index is 10.9. The summed E-state index contributed by atoms with van der Waals surface area (Å²) in [6.07, 6.45) is 1.85. The highest BCUT2D eigenvalue weighted by Crippen LogP contribution is 2.30. The van der Waals surface area contributed by atoms with Gasteiger partial charge in [0.2, 0.25) is 0 Å². The van der Waals surface area contributed by atoms with Crippen molar-refractivity contribution in [1.82, 2.24) is 0 Å². The molecule has 0 unspecified atom stereocenters. The largest absolute Gasteiger partial charge is 0.484 e. The maximum Gasteiger partial charge on any atom is 0.311 e. The molecular formula is C14H22N2O4. The molecule has 0 spiro atoms. The molecule has 6 heteroatoms. The van der Waals surface area contributed by atoms with E-state index in [-0.39, 0.29) is 11.8 Å². The smallest absolute Gasteiger partial charge is 0.311 e. The number of nitrogens with one attached hydrogen (secondary N) is 1. The molecule has 0 aliphatic carbocycles. The molecule has 0 bridgehead atoms. The van der Waals surface area contributed by atoms with Gasteiger partial charge in [-0.25, -0.2) is 0 Å². The molecule has 1 N–H and O–H groups in total. The summed E-state index contributed by atoms with van der Waals surface area (Å²) in [6.45, 7) is 5.22. The van der Waals surface area contributed by atoms with Crippen LogP contribution in [0, 0.1) is 10.1 Å². The highest BCUT2D eigenvalue weighted by Gasteiger charge is 2.16. The molecule has 0 aliphatic rings. The Morgan fingerprint density at radius 3 is 2.70 bits per heavy atom. The lowest BCUT2D eigenvalue weighted by atomic mass is 10.2. The van der Waals surface area contributed by atoms with Crippen LogP contribution in [0.15, 0.2) is 18.2 Å². The molecule has 112 valence electrons. The molecule has 0 saturated heterocycles. The summed E-state index contributed by atoms with van der Waals surface area (Å²) in [6, 6.07) is 4.84. The van der Waals surface area contributed by atoms with Gasteiger partial charge in [-0.1, -0.05) is 0 Å². The molecule has 20 heavy (non-hydrogen) atoms. The fourth-order valence-electron chi connectivity index (χ4n) is 1.73. The second-order valence-electron chi connectivity index (χ2n) is 4.73. The van der Waals surface area contributed by atoms with Gasteiger partial charge in [-0.2, -0.15) is 0 Å². The second-order valence-corrected chi connectivity index (χ2v) is 4.73. The molecule has 0 aliphatic heterocycles. The summed E-state index contributed by atoms with van der Waals surface area (Å²) in [4.78, 5) is 10.5. The molecule has 0 saturated carbocycles. The van der Waals surface area contributed by atoms with Crippen LogP contribution in [0.5, 0.6) is 5.75 Å². The zero-order valence-corrected chi connectivity index (χ0v) is 12.2. The number of unbranched alkanes of at least 4 members (excludes halogenated alkanes) is 1. The van der Waals surface area contributed by atoms with Crippen molar-refractivity contribution < 1.29 is 14.4 Å². The number of rotatable bonds is 9. The van der Waals surface area contributed by atoms with Crippen molar-refractivity contribution in [3.05, 3.63) is 28.3 Å². The van der Waals surface area contributed by atoms with E-state index in [1.165, 1.54) is 6.07 Å². The number of methoxy groups -OCH3 is 1. The maximum atomic E-state index is 10.9. The Balaban J connectivity index is 2.66. The van der Waals surface area contributed by atoms with Crippen molar-refractivity contribution in [3.63, 3.8) is 0 Å². The summed E-state index contributed by atoms with van der Waals surface area (Å²) >= 11 is 0. The van der Waals surface area contributed by atoms with E-state index in [4.69, 9.17) is 9.47 Å². The standard InChI is InChI=1S/C14H22N2O4/c1-11(2)20-14-10-12(6-7-13(14)16(17)18)15-8-4-5-9-19-3/h6-7,10-11,15H,4-5,8-9H2,1-3H3. The molecule has 0 aromatic heterocycles. The van der Waals surface area contributed by atoms with Crippen molar-refractivity contribution in [2.45, 2.75) is 32.8 Å². The van der Waals surface area contributed by atoms with Crippen LogP contribution in [0.2, 0.25) is 0 Å². The number of hydrogen-bond donors (Lipinski definition) is 1. The highest BCUT2D eigenvalue weighted by atomic mass is 16.6. The zero-order valence-electron chi connectivity index (χ0n) is 12.2. The van der Waals surface area contributed by atoms with Gasteiger partial charge < -0.3 is 14.8 Å². The number of ether oxygens (including phenoxy) is 2. The molecule has 6 nitrogen and oxygen atoms in total. The number of anilines is 1. The summed E-state index contributed by atoms with van der Waals surface area (Å²) in [5, 5.41) is 14.2. The van der Waals surface area contributed by atoms with Crippen LogP contribution in [-0.2, 0) is 4.74 Å². The summed E-state index contributed by atoms with van der Waals surface area (Å²) in [5.74, 6) is 0.298. The van der Waals surface area contributed by atoms with Crippen molar-refractivity contribution >= 4 is 11.4 Å². The Kier molecular flexibility index (Phi) is 6.79. The number of nitrogens with zero attached hydrogens (tertiary/aromatic N) is 1. The molecule has 0 amide bonds. The average molecular weight is 282 g/mol. The van der Waals surface area contributed by atoms with Crippen LogP contribution in [0.4, 0.5) is 11.4 Å². The molecule has 0 heterocycles. The Bertz CT molecular complexity index is 435. The average Bonchev–Trinajstić information content (AvgIpc) is 2.37. The SMILES string of the molecule is COCCCCNc1ccc([N+](=O)[O-])c(OC(C)C)c1. The first kappa shape index (κ1) is 16.2. The van der Waals surface area contributed by atoms with E-state index in [0.717, 1.165) is 31.7 Å². The minimum absolute atomic E-state index is 0.0105. The van der Waals surface area contributed by atoms with Gasteiger partial charge in [-0.3, -0.25) is 10.1 Å². The number of benzene rings is 1. The third kappa shape index (κ3) is 5.44. The molecule has 0 fully saturated rings. The van der Waals surface area contributed by atoms with Gasteiger partial charge in [-0.15, -0.1) is 0 Å². The van der Waals surface area contributed by atoms with E-state index >= 15 is 0 Å². The van der Waals surface area contributed by atoms with Crippen LogP contribution in [0.3, 0.4) is 0 Å². The fourth-order valence-corrected chi connectivity index (χ4v) is 1.73. The van der Waals surface area contributed by atoms with Crippen LogP contribution < -0.4 is 10.1 Å². The van der Waals surface area contributed by atoms with Gasteiger partial charge >= 0.3 is 5.69 Å². The van der Waals surface area contributed by atoms with E-state index < -0.39 is 4.92 Å². The van der Waals surface area contributed by atoms with Gasteiger partial charge in [0.05, 0.1) is 11.0 Å². The van der Waals surface area contributed by atoms with Gasteiger partial charge in [0.15, 0.2) is 5.75 Å². The molecule has 1 aromatic rings. The van der Waals surface area contributed by atoms with Crippen molar-refractivity contribution in [2.75, 3.05) is 25.6 Å². The Hall–Kier alpha value is -1.82. The van der Waals surface area contributed by atoms with E-state index in [9.17, 15) is 10.1 Å². The number of nitro groups is 1. The number of hydrogen-bond acceptors (Lipinski definition) is 5.